The third-order valence-corrected chi connectivity index (χ3v) is 20.5. The molecule has 6 N–H and O–H groups in total. The van der Waals surface area contributed by atoms with E-state index in [1.54, 1.807) is 30.9 Å². The molecule has 3 radical (unpaired) electrons. The van der Waals surface area contributed by atoms with Crippen molar-refractivity contribution >= 4 is 65.9 Å². The molecule has 12 atom stereocenters. The molecule has 2 saturated carbocycles. The number of ether oxygens (including phenoxy) is 3. The second kappa shape index (κ2) is 22.0. The topological polar surface area (TPSA) is 194 Å². The Balaban J connectivity index is 0.000000186. The van der Waals surface area contributed by atoms with Crippen LogP contribution in [-0.4, -0.2) is 188 Å². The van der Waals surface area contributed by atoms with E-state index in [1.807, 2.05) is 60.0 Å². The summed E-state index contributed by atoms with van der Waals surface area (Å²) in [6, 6.07) is 11.9. The SMILES string of the molecule is C.CC(C)C(=O)N1CCSC1=S.CC[C@]12C=CCN3CC[C@@]4(c5ccc(OC)cc5N(C)[C@H]4[C@@](O)(CN)[C@@H]1O)[C@@H]32.CC[C@]12C=CCN3CC[C@@]4(c5ccc(OC)cc5N(C)[C@H]4[C@@](O)(CNC(=O)C(C)C)[C@@H]1OC(C)=O)[C@@H]32.[B]. The van der Waals surface area contributed by atoms with Crippen molar-refractivity contribution in [2.75, 3.05) is 89.7 Å². The minimum Gasteiger partial charge on any atom is -0.497 e. The summed E-state index contributed by atoms with van der Waals surface area (Å²) in [6.45, 7) is 17.4. The van der Waals surface area contributed by atoms with E-state index in [4.69, 9.17) is 32.2 Å². The quantitative estimate of drug-likeness (QED) is 0.0938. The molecule has 0 bridgehead atoms. The van der Waals surface area contributed by atoms with Crippen molar-refractivity contribution in [2.45, 2.75) is 140 Å². The fraction of sp³-hybridized carbons (Fsp3) is 0.655. The molecule has 2 aromatic carbocycles. The van der Waals surface area contributed by atoms with E-state index < -0.39 is 51.7 Å². The van der Waals surface area contributed by atoms with E-state index in [-0.39, 0.29) is 76.1 Å². The predicted molar refractivity (Wildman–Crippen MR) is 310 cm³/mol. The van der Waals surface area contributed by atoms with Crippen LogP contribution < -0.4 is 30.3 Å². The van der Waals surface area contributed by atoms with Gasteiger partial charge in [-0.05, 0) is 62.0 Å². The first-order chi connectivity index (χ1) is 35.6. The van der Waals surface area contributed by atoms with E-state index in [9.17, 15) is 29.7 Å². The van der Waals surface area contributed by atoms with Gasteiger partial charge < -0.3 is 50.4 Å². The highest BCUT2D eigenvalue weighted by molar-refractivity contribution is 8.23. The maximum absolute atomic E-state index is 12.9. The first kappa shape index (κ1) is 60.4. The lowest BCUT2D eigenvalue weighted by atomic mass is 9.47. The maximum atomic E-state index is 12.9. The molecule has 5 fully saturated rings. The van der Waals surface area contributed by atoms with Crippen LogP contribution in [0.2, 0.25) is 0 Å². The van der Waals surface area contributed by atoms with Crippen LogP contribution in [-0.2, 0) is 30.0 Å². The molecule has 2 aliphatic carbocycles. The molecule has 77 heavy (non-hydrogen) atoms. The number of aliphatic hydroxyl groups is 3. The average molecular weight is 1100 g/mol. The van der Waals surface area contributed by atoms with E-state index in [2.05, 4.69) is 81.3 Å². The van der Waals surface area contributed by atoms with E-state index in [1.165, 1.54) is 18.1 Å². The Morgan fingerprint density at radius 1 is 0.792 bits per heavy atom. The normalized spacial score (nSPS) is 35.4. The molecule has 2 amide bonds. The van der Waals surface area contributed by atoms with Crippen molar-refractivity contribution in [3.8, 4) is 11.5 Å². The zero-order valence-corrected chi connectivity index (χ0v) is 48.0. The number of thioether (sulfide) groups is 1. The number of aliphatic hydroxyl groups excluding tert-OH is 1. The zero-order chi connectivity index (χ0) is 54.4. The minimum absolute atomic E-state index is 0. The van der Waals surface area contributed by atoms with Gasteiger partial charge in [-0.3, -0.25) is 29.1 Å². The molecule has 7 aliphatic heterocycles. The van der Waals surface area contributed by atoms with Crippen LogP contribution in [0.1, 0.15) is 92.7 Å². The summed E-state index contributed by atoms with van der Waals surface area (Å²) in [6.07, 6.45) is 10.2. The Bertz CT molecular complexity index is 2650. The van der Waals surface area contributed by atoms with E-state index in [0.717, 1.165) is 84.9 Å². The van der Waals surface area contributed by atoms with Crippen LogP contribution in [0.15, 0.2) is 60.7 Å². The lowest BCUT2D eigenvalue weighted by Crippen LogP contribution is -2.81. The zero-order valence-electron chi connectivity index (χ0n) is 46.4. The average Bonchev–Trinajstić information content (AvgIpc) is 4.23. The van der Waals surface area contributed by atoms with Crippen molar-refractivity contribution in [3.05, 3.63) is 71.8 Å². The molecule has 11 rings (SSSR count). The largest absolute Gasteiger partial charge is 0.497 e. The molecule has 16 nitrogen and oxygen atoms in total. The van der Waals surface area contributed by atoms with Gasteiger partial charge in [-0.1, -0.05) is 109 Å². The number of rotatable bonds is 10. The van der Waals surface area contributed by atoms with Crippen LogP contribution in [0.5, 0.6) is 11.5 Å². The summed E-state index contributed by atoms with van der Waals surface area (Å²) in [7, 11) is 7.35. The number of nitrogens with two attached hydrogens (primary N) is 1. The monoisotopic (exact) mass is 1100 g/mol. The molecule has 2 aromatic rings. The van der Waals surface area contributed by atoms with Crippen LogP contribution in [0.3, 0.4) is 0 Å². The van der Waals surface area contributed by atoms with Gasteiger partial charge in [0, 0.05) is 130 Å². The Morgan fingerprint density at radius 3 is 1.71 bits per heavy atom. The smallest absolute Gasteiger partial charge is 0.303 e. The lowest BCUT2D eigenvalue weighted by Gasteiger charge is -2.64. The summed E-state index contributed by atoms with van der Waals surface area (Å²) in [4.78, 5) is 47.6. The van der Waals surface area contributed by atoms with Gasteiger partial charge in [0.15, 0.2) is 0 Å². The minimum atomic E-state index is -1.54. The van der Waals surface area contributed by atoms with Gasteiger partial charge in [-0.25, -0.2) is 0 Å². The molecule has 9 aliphatic rings. The van der Waals surface area contributed by atoms with Crippen molar-refractivity contribution in [1.82, 2.24) is 20.0 Å². The fourth-order valence-electron chi connectivity index (χ4n) is 16.3. The van der Waals surface area contributed by atoms with Crippen molar-refractivity contribution in [1.29, 1.82) is 0 Å². The summed E-state index contributed by atoms with van der Waals surface area (Å²) in [5.41, 5.74) is 5.98. The van der Waals surface area contributed by atoms with Gasteiger partial charge in [0.2, 0.25) is 11.8 Å². The number of hydrogen-bond acceptors (Lipinski definition) is 16. The highest BCUT2D eigenvalue weighted by Crippen LogP contribution is 2.68. The molecule has 0 aromatic heterocycles. The van der Waals surface area contributed by atoms with Crippen molar-refractivity contribution < 1.29 is 43.9 Å². The summed E-state index contributed by atoms with van der Waals surface area (Å²) in [5, 5.41) is 39.4. The van der Waals surface area contributed by atoms with Gasteiger partial charge in [-0.15, -0.1) is 0 Å². The number of amides is 2. The number of fused-ring (bicyclic) bond motifs is 2. The van der Waals surface area contributed by atoms with Crippen LogP contribution >= 0.6 is 24.0 Å². The van der Waals surface area contributed by atoms with Crippen LogP contribution in [0.25, 0.3) is 0 Å². The Kier molecular flexibility index (Phi) is 17.3. The number of anilines is 2. The molecule has 0 unspecified atom stereocenters. The van der Waals surface area contributed by atoms with E-state index in [0.29, 0.717) is 6.42 Å². The van der Waals surface area contributed by atoms with Crippen molar-refractivity contribution in [2.24, 2.45) is 28.4 Å². The summed E-state index contributed by atoms with van der Waals surface area (Å²) < 4.78 is 17.9. The molecule has 3 saturated heterocycles. The number of methoxy groups -OCH3 is 2. The number of benzene rings is 2. The highest BCUT2D eigenvalue weighted by Gasteiger charge is 2.79. The Morgan fingerprint density at radius 2 is 1.29 bits per heavy atom. The van der Waals surface area contributed by atoms with Gasteiger partial charge in [0.05, 0.1) is 39.0 Å². The standard InChI is InChI=1S/C28H39N3O5.C22H31N3O3.C7H11NOS2.CH4.B/c1-7-26-11-8-13-31-14-12-27(23(26)31)20-10-9-19(35-6)15-21(20)30(5)24(27)28(34,25(26)36-18(4)32)16-29-22(33)17(2)3;1-4-20-8-5-10-25-11-9-21(17(20)25)15-7-6-14(28-3)12-16(15)24(2)18(21)22(27,13-23)19(20)26;1-5(2)6(9)8-3-4-11-7(8)10;;/h8-11,15,17,23-25,34H,7,12-14,16H2,1-6H3,(H,29,33);5-8,12,17-19,26-27H,4,9-11,13,23H2,1-3H3;5H,3-4H2,1-2H3;1H4;/t23-,24+,25+,26+,27+,28-;17-,18+,19+,20+,21+,22-;;;/m00.../s1. The van der Waals surface area contributed by atoms with Crippen LogP contribution in [0.4, 0.5) is 11.4 Å². The molecule has 7 heterocycles. The van der Waals surface area contributed by atoms with Crippen LogP contribution in [0, 0.1) is 22.7 Å². The maximum Gasteiger partial charge on any atom is 0.303 e. The number of esters is 1. The number of likely N-dealkylation sites (N-methyl/N-ethyl adjacent to an activating group) is 2. The third kappa shape index (κ3) is 8.67. The first-order valence-electron chi connectivity index (χ1n) is 27.0. The molecule has 2 spiro atoms. The number of carbonyl (C=O) groups is 3. The summed E-state index contributed by atoms with van der Waals surface area (Å²) >= 11 is 6.59. The molecular weight excluding hydrogens is 1010 g/mol. The molecular formula is C58H85BN7O9S2. The molecule has 19 heteroatoms. The summed E-state index contributed by atoms with van der Waals surface area (Å²) in [5.74, 6) is 1.92. The Hall–Kier alpha value is -4.21. The number of carbonyl (C=O) groups excluding carboxylic acids is 3. The Labute approximate surface area is 469 Å². The van der Waals surface area contributed by atoms with Gasteiger partial charge >= 0.3 is 5.97 Å². The fourth-order valence-corrected chi connectivity index (χ4v) is 17.5. The number of hydrogen-bond donors (Lipinski definition) is 5. The third-order valence-electron chi connectivity index (χ3n) is 19.1. The highest BCUT2D eigenvalue weighted by atomic mass is 32.2. The lowest BCUT2D eigenvalue weighted by molar-refractivity contribution is -0.217. The molecule has 421 valence electrons. The second-order valence-electron chi connectivity index (χ2n) is 23.1. The number of thiocarbonyl (C=S) groups is 1. The van der Waals surface area contributed by atoms with Gasteiger partial charge in [0.25, 0.3) is 0 Å². The first-order valence-corrected chi connectivity index (χ1v) is 28.4. The van der Waals surface area contributed by atoms with Crippen molar-refractivity contribution in [3.63, 3.8) is 0 Å². The second-order valence-corrected chi connectivity index (χ2v) is 24.8. The number of nitrogens with zero attached hydrogens (tertiary/aromatic N) is 5. The number of nitrogens with one attached hydrogen (secondary N) is 1. The van der Waals surface area contributed by atoms with Gasteiger partial charge in [0.1, 0.15) is 33.1 Å². The van der Waals surface area contributed by atoms with Gasteiger partial charge in [-0.2, -0.15) is 0 Å². The van der Waals surface area contributed by atoms with E-state index >= 15 is 0 Å². The predicted octanol–water partition coefficient (Wildman–Crippen LogP) is 4.85.